The summed E-state index contributed by atoms with van der Waals surface area (Å²) >= 11 is 0. The molecular formula is C14H20FNO2. The number of nitrogens with one attached hydrogen (secondary N) is 1. The number of aliphatic hydroxyl groups excluding tert-OH is 1. The van der Waals surface area contributed by atoms with E-state index in [9.17, 15) is 9.50 Å². The molecule has 4 heteroatoms. The highest BCUT2D eigenvalue weighted by atomic mass is 19.1. The Bertz CT molecular complexity index is 409. The molecule has 1 aliphatic carbocycles. The number of aliphatic hydroxyl groups is 1. The zero-order valence-electron chi connectivity index (χ0n) is 10.8. The molecule has 2 atom stereocenters. The second-order valence-corrected chi connectivity index (χ2v) is 5.55. The van der Waals surface area contributed by atoms with E-state index in [4.69, 9.17) is 4.74 Å². The van der Waals surface area contributed by atoms with Crippen LogP contribution in [0.3, 0.4) is 0 Å². The fraction of sp³-hybridized carbons (Fsp3) is 0.571. The molecule has 3 nitrogen and oxygen atoms in total. The van der Waals surface area contributed by atoms with Gasteiger partial charge in [-0.2, -0.15) is 0 Å². The van der Waals surface area contributed by atoms with E-state index in [1.807, 2.05) is 0 Å². The summed E-state index contributed by atoms with van der Waals surface area (Å²) in [5.41, 5.74) is 0.339. The van der Waals surface area contributed by atoms with E-state index in [2.05, 4.69) is 19.2 Å². The van der Waals surface area contributed by atoms with Crippen molar-refractivity contribution in [1.29, 1.82) is 0 Å². The molecule has 1 aliphatic rings. The van der Waals surface area contributed by atoms with E-state index in [1.54, 1.807) is 18.2 Å². The van der Waals surface area contributed by atoms with E-state index in [0.29, 0.717) is 18.0 Å². The van der Waals surface area contributed by atoms with Crippen LogP contribution in [-0.4, -0.2) is 30.4 Å². The molecule has 18 heavy (non-hydrogen) atoms. The second-order valence-electron chi connectivity index (χ2n) is 5.55. The maximum absolute atomic E-state index is 13.2. The van der Waals surface area contributed by atoms with Gasteiger partial charge in [0.2, 0.25) is 0 Å². The summed E-state index contributed by atoms with van der Waals surface area (Å²) in [6, 6.07) is 6.68. The van der Waals surface area contributed by atoms with Gasteiger partial charge in [0.25, 0.3) is 0 Å². The lowest BCUT2D eigenvalue weighted by Crippen LogP contribution is -2.34. The Hall–Kier alpha value is -1.13. The van der Waals surface area contributed by atoms with Gasteiger partial charge in [-0.05, 0) is 24.0 Å². The van der Waals surface area contributed by atoms with Crippen molar-refractivity contribution in [3.05, 3.63) is 30.1 Å². The molecule has 2 rings (SSSR count). The van der Waals surface area contributed by atoms with Crippen LogP contribution in [0.4, 0.5) is 4.39 Å². The number of hydrogen-bond donors (Lipinski definition) is 2. The van der Waals surface area contributed by atoms with E-state index in [0.717, 1.165) is 6.42 Å². The first-order valence-corrected chi connectivity index (χ1v) is 6.28. The fourth-order valence-electron chi connectivity index (χ4n) is 1.90. The molecule has 0 radical (unpaired) electrons. The largest absolute Gasteiger partial charge is 0.488 e. The maximum atomic E-state index is 13.2. The molecule has 100 valence electrons. The third kappa shape index (κ3) is 3.43. The molecular weight excluding hydrogens is 233 g/mol. The summed E-state index contributed by atoms with van der Waals surface area (Å²) in [5, 5.41) is 13.0. The smallest absolute Gasteiger partial charge is 0.165 e. The normalized spacial score (nSPS) is 22.6. The number of para-hydroxylation sites is 1. The average molecular weight is 253 g/mol. The summed E-state index contributed by atoms with van der Waals surface area (Å²) in [6.07, 6.45) is 0.509. The number of ether oxygens (including phenoxy) is 1. The first kappa shape index (κ1) is 13.3. The highest BCUT2D eigenvalue weighted by Gasteiger charge is 2.45. The van der Waals surface area contributed by atoms with Crippen LogP contribution in [0.15, 0.2) is 24.3 Å². The first-order valence-electron chi connectivity index (χ1n) is 6.28. The van der Waals surface area contributed by atoms with Crippen molar-refractivity contribution in [1.82, 2.24) is 5.32 Å². The summed E-state index contributed by atoms with van der Waals surface area (Å²) in [5.74, 6) is -0.218. The van der Waals surface area contributed by atoms with Crippen molar-refractivity contribution < 1.29 is 14.2 Å². The molecule has 2 N–H and O–H groups in total. The Morgan fingerprint density at radius 2 is 2.17 bits per heavy atom. The summed E-state index contributed by atoms with van der Waals surface area (Å²) in [6.45, 7) is 4.95. The standard InChI is InChI=1S/C14H20FNO2/c1-14(2)7-13(14)16-8-10(17)9-18-12-6-4-3-5-11(12)15/h3-6,10,13,16-17H,7-9H2,1-2H3. The van der Waals surface area contributed by atoms with Crippen LogP contribution < -0.4 is 10.1 Å². The quantitative estimate of drug-likeness (QED) is 0.814. The molecule has 0 aliphatic heterocycles. The minimum atomic E-state index is -0.624. The molecule has 0 aromatic heterocycles. The van der Waals surface area contributed by atoms with E-state index >= 15 is 0 Å². The summed E-state index contributed by atoms with van der Waals surface area (Å²) in [7, 11) is 0. The predicted molar refractivity (Wildman–Crippen MR) is 68.1 cm³/mol. The van der Waals surface area contributed by atoms with Crippen LogP contribution in [0.1, 0.15) is 20.3 Å². The molecule has 1 aromatic carbocycles. The third-order valence-corrected chi connectivity index (χ3v) is 3.38. The highest BCUT2D eigenvalue weighted by molar-refractivity contribution is 5.23. The van der Waals surface area contributed by atoms with Crippen LogP contribution in [0.2, 0.25) is 0 Å². The first-order chi connectivity index (χ1) is 8.49. The maximum Gasteiger partial charge on any atom is 0.165 e. The number of halogens is 1. The van der Waals surface area contributed by atoms with Gasteiger partial charge in [-0.15, -0.1) is 0 Å². The van der Waals surface area contributed by atoms with Gasteiger partial charge in [0.05, 0.1) is 0 Å². The van der Waals surface area contributed by atoms with Crippen LogP contribution in [0.25, 0.3) is 0 Å². The van der Waals surface area contributed by atoms with Gasteiger partial charge in [0.15, 0.2) is 11.6 Å². The van der Waals surface area contributed by atoms with Gasteiger partial charge in [-0.1, -0.05) is 26.0 Å². The van der Waals surface area contributed by atoms with Crippen molar-refractivity contribution in [2.75, 3.05) is 13.2 Å². The monoisotopic (exact) mass is 253 g/mol. The van der Waals surface area contributed by atoms with Crippen molar-refractivity contribution in [2.45, 2.75) is 32.4 Å². The SMILES string of the molecule is CC1(C)CC1NCC(O)COc1ccccc1F. The lowest BCUT2D eigenvalue weighted by molar-refractivity contribution is 0.103. The van der Waals surface area contributed by atoms with Gasteiger partial charge in [0.1, 0.15) is 12.7 Å². The Kier molecular flexibility index (Phi) is 3.88. The Labute approximate surface area is 107 Å². The molecule has 0 saturated heterocycles. The molecule has 2 unspecified atom stereocenters. The molecule has 0 bridgehead atoms. The molecule has 1 saturated carbocycles. The summed E-state index contributed by atoms with van der Waals surface area (Å²) < 4.78 is 18.5. The third-order valence-electron chi connectivity index (χ3n) is 3.38. The minimum Gasteiger partial charge on any atom is -0.488 e. The highest BCUT2D eigenvalue weighted by Crippen LogP contribution is 2.44. The van der Waals surface area contributed by atoms with Crippen molar-refractivity contribution in [2.24, 2.45) is 5.41 Å². The van der Waals surface area contributed by atoms with Crippen molar-refractivity contribution in [3.8, 4) is 5.75 Å². The fourth-order valence-corrected chi connectivity index (χ4v) is 1.90. The summed E-state index contributed by atoms with van der Waals surface area (Å²) in [4.78, 5) is 0. The van der Waals surface area contributed by atoms with Gasteiger partial charge in [0, 0.05) is 12.6 Å². The average Bonchev–Trinajstić information content (AvgIpc) is 2.93. The van der Waals surface area contributed by atoms with Gasteiger partial charge < -0.3 is 15.2 Å². The van der Waals surface area contributed by atoms with Gasteiger partial charge >= 0.3 is 0 Å². The van der Waals surface area contributed by atoms with Gasteiger partial charge in [-0.3, -0.25) is 0 Å². The molecule has 0 spiro atoms. The van der Waals surface area contributed by atoms with E-state index < -0.39 is 11.9 Å². The Morgan fingerprint density at radius 1 is 1.50 bits per heavy atom. The van der Waals surface area contributed by atoms with Gasteiger partial charge in [-0.25, -0.2) is 4.39 Å². The van der Waals surface area contributed by atoms with Crippen LogP contribution in [0.5, 0.6) is 5.75 Å². The van der Waals surface area contributed by atoms with Crippen LogP contribution in [-0.2, 0) is 0 Å². The predicted octanol–water partition coefficient (Wildman–Crippen LogP) is 1.95. The van der Waals surface area contributed by atoms with Crippen molar-refractivity contribution in [3.63, 3.8) is 0 Å². The van der Waals surface area contributed by atoms with E-state index in [1.165, 1.54) is 6.07 Å². The Morgan fingerprint density at radius 3 is 2.78 bits per heavy atom. The zero-order chi connectivity index (χ0) is 13.2. The lowest BCUT2D eigenvalue weighted by atomic mass is 10.2. The van der Waals surface area contributed by atoms with E-state index in [-0.39, 0.29) is 12.4 Å². The van der Waals surface area contributed by atoms with Crippen LogP contribution >= 0.6 is 0 Å². The number of benzene rings is 1. The second kappa shape index (κ2) is 5.24. The molecule has 0 amide bonds. The molecule has 1 fully saturated rings. The lowest BCUT2D eigenvalue weighted by Gasteiger charge is -2.14. The molecule has 1 aromatic rings. The number of hydrogen-bond acceptors (Lipinski definition) is 3. The Balaban J connectivity index is 1.69. The minimum absolute atomic E-state index is 0.0983. The van der Waals surface area contributed by atoms with Crippen LogP contribution in [0, 0.1) is 11.2 Å². The topological polar surface area (TPSA) is 41.5 Å². The zero-order valence-corrected chi connectivity index (χ0v) is 10.8. The van der Waals surface area contributed by atoms with Crippen molar-refractivity contribution >= 4 is 0 Å². The molecule has 0 heterocycles. The number of rotatable bonds is 6.